The highest BCUT2D eigenvalue weighted by atomic mass is 32.2. The van der Waals surface area contributed by atoms with E-state index in [2.05, 4.69) is 0 Å². The Bertz CT molecular complexity index is 515. The Morgan fingerprint density at radius 3 is 2.73 bits per heavy atom. The van der Waals surface area contributed by atoms with Crippen molar-refractivity contribution in [1.82, 2.24) is 0 Å². The smallest absolute Gasteiger partial charge is 0.179 e. The summed E-state index contributed by atoms with van der Waals surface area (Å²) in [5.74, 6) is 0.0178. The van der Waals surface area contributed by atoms with Crippen LogP contribution in [0.5, 0.6) is 0 Å². The molecule has 0 spiro atoms. The van der Waals surface area contributed by atoms with Gasteiger partial charge in [0.15, 0.2) is 15.6 Å². The van der Waals surface area contributed by atoms with E-state index >= 15 is 0 Å². The van der Waals surface area contributed by atoms with Crippen molar-refractivity contribution in [3.8, 4) is 0 Å². The molecule has 15 heavy (non-hydrogen) atoms. The van der Waals surface area contributed by atoms with Crippen LogP contribution in [-0.4, -0.2) is 20.0 Å². The second-order valence-electron chi connectivity index (χ2n) is 3.85. The summed E-state index contributed by atoms with van der Waals surface area (Å²) in [5, 5.41) is 0. The first kappa shape index (κ1) is 10.4. The standard InChI is InChI=1S/C11H12O3S/c1-8-4-5-11-9(7-8)10(12)3-2-6-15(11,13)14/h4-5,7H,2-3,6H2,1H3. The second kappa shape index (κ2) is 3.45. The normalized spacial score (nSPS) is 19.4. The Labute approximate surface area is 89.0 Å². The van der Waals surface area contributed by atoms with Crippen LogP contribution in [0.2, 0.25) is 0 Å². The van der Waals surface area contributed by atoms with Gasteiger partial charge in [0.2, 0.25) is 0 Å². The molecule has 0 aromatic heterocycles. The fourth-order valence-corrected chi connectivity index (χ4v) is 3.33. The van der Waals surface area contributed by atoms with Gasteiger partial charge in [0.25, 0.3) is 0 Å². The van der Waals surface area contributed by atoms with Crippen LogP contribution >= 0.6 is 0 Å². The Morgan fingerprint density at radius 2 is 2.00 bits per heavy atom. The molecule has 4 heteroatoms. The molecule has 0 saturated heterocycles. The molecule has 0 saturated carbocycles. The van der Waals surface area contributed by atoms with Crippen LogP contribution in [0.1, 0.15) is 28.8 Å². The lowest BCUT2D eigenvalue weighted by Gasteiger charge is -2.05. The van der Waals surface area contributed by atoms with Crippen molar-refractivity contribution >= 4 is 15.6 Å². The fourth-order valence-electron chi connectivity index (χ4n) is 1.80. The molecule has 0 N–H and O–H groups in total. The van der Waals surface area contributed by atoms with Gasteiger partial charge in [0, 0.05) is 12.0 Å². The lowest BCUT2D eigenvalue weighted by molar-refractivity contribution is 0.0980. The molecule has 0 fully saturated rings. The second-order valence-corrected chi connectivity index (χ2v) is 5.92. The number of Topliss-reactive ketones (excluding diaryl/α,β-unsaturated/α-hetero) is 1. The number of rotatable bonds is 0. The number of hydrogen-bond acceptors (Lipinski definition) is 3. The van der Waals surface area contributed by atoms with Crippen LogP contribution in [0.3, 0.4) is 0 Å². The zero-order chi connectivity index (χ0) is 11.1. The lowest BCUT2D eigenvalue weighted by Crippen LogP contribution is -2.07. The summed E-state index contributed by atoms with van der Waals surface area (Å²) in [4.78, 5) is 11.9. The van der Waals surface area contributed by atoms with Crippen LogP contribution in [0.15, 0.2) is 23.1 Å². The first-order chi connectivity index (χ1) is 7.00. The van der Waals surface area contributed by atoms with E-state index in [-0.39, 0.29) is 16.4 Å². The molecule has 1 aliphatic rings. The highest BCUT2D eigenvalue weighted by molar-refractivity contribution is 7.91. The van der Waals surface area contributed by atoms with Crippen molar-refractivity contribution in [2.24, 2.45) is 0 Å². The van der Waals surface area contributed by atoms with E-state index in [1.54, 1.807) is 18.2 Å². The molecule has 1 aromatic rings. The maximum absolute atomic E-state index is 11.8. The molecule has 0 bridgehead atoms. The van der Waals surface area contributed by atoms with Crippen molar-refractivity contribution < 1.29 is 13.2 Å². The van der Waals surface area contributed by atoms with Gasteiger partial charge in [-0.2, -0.15) is 0 Å². The Balaban J connectivity index is 2.73. The first-order valence-electron chi connectivity index (χ1n) is 4.87. The summed E-state index contributed by atoms with van der Waals surface area (Å²) >= 11 is 0. The summed E-state index contributed by atoms with van der Waals surface area (Å²) in [5.41, 5.74) is 1.28. The molecule has 3 nitrogen and oxygen atoms in total. The Kier molecular flexibility index (Phi) is 2.38. The number of carbonyl (C=O) groups excluding carboxylic acids is 1. The van der Waals surface area contributed by atoms with Gasteiger partial charge >= 0.3 is 0 Å². The minimum Gasteiger partial charge on any atom is -0.294 e. The van der Waals surface area contributed by atoms with Gasteiger partial charge in [-0.15, -0.1) is 0 Å². The molecular formula is C11H12O3S. The summed E-state index contributed by atoms with van der Waals surface area (Å²) in [6.07, 6.45) is 0.755. The molecule has 0 amide bonds. The Morgan fingerprint density at radius 1 is 1.27 bits per heavy atom. The zero-order valence-corrected chi connectivity index (χ0v) is 9.30. The van der Waals surface area contributed by atoms with E-state index in [0.29, 0.717) is 18.4 Å². The maximum Gasteiger partial charge on any atom is 0.179 e. The van der Waals surface area contributed by atoms with Crippen molar-refractivity contribution in [3.63, 3.8) is 0 Å². The predicted molar refractivity (Wildman–Crippen MR) is 56.8 cm³/mol. The molecule has 0 unspecified atom stereocenters. The number of fused-ring (bicyclic) bond motifs is 1. The Hall–Kier alpha value is -1.16. The third kappa shape index (κ3) is 1.81. The van der Waals surface area contributed by atoms with Gasteiger partial charge in [-0.3, -0.25) is 4.79 Å². The monoisotopic (exact) mass is 224 g/mol. The van der Waals surface area contributed by atoms with Crippen LogP contribution < -0.4 is 0 Å². The van der Waals surface area contributed by atoms with Crippen LogP contribution in [0.25, 0.3) is 0 Å². The summed E-state index contributed by atoms with van der Waals surface area (Å²) < 4.78 is 23.6. The van der Waals surface area contributed by atoms with Crippen LogP contribution in [-0.2, 0) is 9.84 Å². The fraction of sp³-hybridized carbons (Fsp3) is 0.364. The van der Waals surface area contributed by atoms with Crippen LogP contribution in [0.4, 0.5) is 0 Å². The summed E-state index contributed by atoms with van der Waals surface area (Å²) in [6, 6.07) is 4.94. The number of benzene rings is 1. The predicted octanol–water partition coefficient (Wildman–Crippen LogP) is 1.75. The molecule has 0 radical (unpaired) electrons. The molecular weight excluding hydrogens is 212 g/mol. The number of carbonyl (C=O) groups is 1. The van der Waals surface area contributed by atoms with Crippen molar-refractivity contribution in [3.05, 3.63) is 29.3 Å². The highest BCUT2D eigenvalue weighted by Crippen LogP contribution is 2.24. The molecule has 1 aromatic carbocycles. The van der Waals surface area contributed by atoms with Crippen LogP contribution in [0, 0.1) is 6.92 Å². The van der Waals surface area contributed by atoms with E-state index in [4.69, 9.17) is 0 Å². The third-order valence-corrected chi connectivity index (χ3v) is 4.44. The lowest BCUT2D eigenvalue weighted by atomic mass is 10.1. The quantitative estimate of drug-likeness (QED) is 0.674. The molecule has 1 heterocycles. The first-order valence-corrected chi connectivity index (χ1v) is 6.52. The molecule has 2 rings (SSSR count). The van der Waals surface area contributed by atoms with E-state index in [1.165, 1.54) is 0 Å². The molecule has 0 aliphatic carbocycles. The van der Waals surface area contributed by atoms with E-state index < -0.39 is 9.84 Å². The van der Waals surface area contributed by atoms with Gasteiger partial charge in [0.1, 0.15) is 0 Å². The SMILES string of the molecule is Cc1ccc2c(c1)C(=O)CCCS2(=O)=O. The minimum absolute atomic E-state index is 0.0604. The molecule has 80 valence electrons. The summed E-state index contributed by atoms with van der Waals surface area (Å²) in [6.45, 7) is 1.85. The van der Waals surface area contributed by atoms with Crippen molar-refractivity contribution in [1.29, 1.82) is 0 Å². The van der Waals surface area contributed by atoms with Gasteiger partial charge in [-0.25, -0.2) is 8.42 Å². The number of ketones is 1. The van der Waals surface area contributed by atoms with E-state index in [1.807, 2.05) is 6.92 Å². The van der Waals surface area contributed by atoms with E-state index in [0.717, 1.165) is 5.56 Å². The molecule has 0 atom stereocenters. The third-order valence-electron chi connectivity index (χ3n) is 2.59. The number of hydrogen-bond donors (Lipinski definition) is 0. The van der Waals surface area contributed by atoms with Crippen molar-refractivity contribution in [2.75, 3.05) is 5.75 Å². The zero-order valence-electron chi connectivity index (χ0n) is 8.49. The number of sulfone groups is 1. The average Bonchev–Trinajstić information content (AvgIpc) is 2.25. The van der Waals surface area contributed by atoms with Gasteiger partial charge in [-0.05, 0) is 25.5 Å². The highest BCUT2D eigenvalue weighted by Gasteiger charge is 2.25. The largest absolute Gasteiger partial charge is 0.294 e. The minimum atomic E-state index is -3.25. The van der Waals surface area contributed by atoms with Gasteiger partial charge in [-0.1, -0.05) is 11.6 Å². The average molecular weight is 224 g/mol. The van der Waals surface area contributed by atoms with Crippen molar-refractivity contribution in [2.45, 2.75) is 24.7 Å². The maximum atomic E-state index is 11.8. The topological polar surface area (TPSA) is 51.2 Å². The number of aryl methyl sites for hydroxylation is 1. The van der Waals surface area contributed by atoms with Gasteiger partial charge in [0.05, 0.1) is 10.6 Å². The molecule has 1 aliphatic heterocycles. The summed E-state index contributed by atoms with van der Waals surface area (Å²) in [7, 11) is -3.25. The van der Waals surface area contributed by atoms with Gasteiger partial charge < -0.3 is 0 Å². The van der Waals surface area contributed by atoms with E-state index in [9.17, 15) is 13.2 Å².